The summed E-state index contributed by atoms with van der Waals surface area (Å²) >= 11 is 0.821. The number of carbonyl (C=O) groups is 1. The topological polar surface area (TPSA) is 65.8 Å². The summed E-state index contributed by atoms with van der Waals surface area (Å²) in [6.07, 6.45) is -3.36. The molecule has 33 heavy (non-hydrogen) atoms. The summed E-state index contributed by atoms with van der Waals surface area (Å²) < 4.78 is 55.2. The van der Waals surface area contributed by atoms with Gasteiger partial charge in [0.2, 0.25) is 5.91 Å². The Bertz CT molecular complexity index is 1070. The van der Waals surface area contributed by atoms with Crippen LogP contribution < -0.4 is 5.32 Å². The summed E-state index contributed by atoms with van der Waals surface area (Å²) in [7, 11) is 0. The molecular weight excluding hydrogens is 454 g/mol. The van der Waals surface area contributed by atoms with E-state index in [9.17, 15) is 27.6 Å². The Morgan fingerprint density at radius 2 is 1.91 bits per heavy atom. The fourth-order valence-electron chi connectivity index (χ4n) is 3.98. The van der Waals surface area contributed by atoms with E-state index in [-0.39, 0.29) is 40.6 Å². The molecule has 1 amide bonds. The number of hydrogen-bond acceptors (Lipinski definition) is 4. The van der Waals surface area contributed by atoms with Gasteiger partial charge < -0.3 is 5.32 Å². The normalized spacial score (nSPS) is 16.1. The van der Waals surface area contributed by atoms with Crippen LogP contribution in [-0.4, -0.2) is 16.6 Å². The number of aromatic nitrogens is 1. The van der Waals surface area contributed by atoms with Gasteiger partial charge in [-0.25, -0.2) is 9.37 Å². The summed E-state index contributed by atoms with van der Waals surface area (Å²) in [5.41, 5.74) is -0.451. The van der Waals surface area contributed by atoms with E-state index in [0.717, 1.165) is 18.2 Å². The second-order valence-corrected chi connectivity index (χ2v) is 10.2. The average molecular weight is 480 g/mol. The number of amides is 1. The molecule has 1 N–H and O–H groups in total. The fraction of sp³-hybridized carbons (Fsp3) is 0.458. The zero-order chi connectivity index (χ0) is 24.4. The monoisotopic (exact) mass is 479 g/mol. The molecule has 0 fully saturated rings. The van der Waals surface area contributed by atoms with Gasteiger partial charge in [0.25, 0.3) is 0 Å². The number of rotatable bonds is 5. The smallest absolute Gasteiger partial charge is 0.351 e. The lowest BCUT2D eigenvalue weighted by Crippen LogP contribution is -2.30. The van der Waals surface area contributed by atoms with Gasteiger partial charge in [-0.1, -0.05) is 44.7 Å². The molecule has 0 saturated heterocycles. The van der Waals surface area contributed by atoms with Crippen LogP contribution in [0.15, 0.2) is 29.3 Å². The van der Waals surface area contributed by atoms with Crippen molar-refractivity contribution in [3.05, 3.63) is 58.0 Å². The van der Waals surface area contributed by atoms with Gasteiger partial charge in [-0.15, -0.1) is 0 Å². The predicted molar refractivity (Wildman–Crippen MR) is 118 cm³/mol. The molecule has 0 radical (unpaired) electrons. The number of benzene rings is 1. The van der Waals surface area contributed by atoms with E-state index in [2.05, 4.69) is 10.3 Å². The maximum atomic E-state index is 14.1. The molecule has 4 nitrogen and oxygen atoms in total. The quantitative estimate of drug-likeness (QED) is 0.443. The standard InChI is InChI=1S/C24H25F4N3OS/c1-23(2,3)15-6-9-19-17(10-15)21(24(26,27)28)18(11-29)22(31-19)33-13-20(32)30-12-14-4-7-16(25)8-5-14/h4-5,7-8,15H,6,9-10,12-13H2,1-3H3,(H,30,32)/t15-/m0/s1. The number of carbonyl (C=O) groups excluding carboxylic acids is 1. The van der Waals surface area contributed by atoms with Gasteiger partial charge in [-0.2, -0.15) is 18.4 Å². The van der Waals surface area contributed by atoms with Crippen molar-refractivity contribution in [1.82, 2.24) is 10.3 Å². The molecule has 1 atom stereocenters. The number of nitrogens with one attached hydrogen (secondary N) is 1. The third-order valence-electron chi connectivity index (χ3n) is 5.89. The molecule has 1 heterocycles. The molecule has 1 aromatic heterocycles. The first-order chi connectivity index (χ1) is 15.4. The molecule has 1 aliphatic carbocycles. The van der Waals surface area contributed by atoms with E-state index in [1.165, 1.54) is 24.3 Å². The number of halogens is 4. The second kappa shape index (κ2) is 9.72. The van der Waals surface area contributed by atoms with Crippen LogP contribution in [0, 0.1) is 28.5 Å². The van der Waals surface area contributed by atoms with Gasteiger partial charge in [0, 0.05) is 12.2 Å². The van der Waals surface area contributed by atoms with Crippen molar-refractivity contribution in [2.75, 3.05) is 5.75 Å². The molecule has 176 valence electrons. The van der Waals surface area contributed by atoms with E-state index in [4.69, 9.17) is 0 Å². The molecule has 1 aromatic carbocycles. The first kappa shape index (κ1) is 25.0. The van der Waals surface area contributed by atoms with Gasteiger partial charge in [0.1, 0.15) is 16.9 Å². The number of thioether (sulfide) groups is 1. The summed E-state index contributed by atoms with van der Waals surface area (Å²) in [4.78, 5) is 16.6. The summed E-state index contributed by atoms with van der Waals surface area (Å²) in [5, 5.41) is 12.2. The molecule has 2 aromatic rings. The van der Waals surface area contributed by atoms with Crippen molar-refractivity contribution < 1.29 is 22.4 Å². The molecule has 3 rings (SSSR count). The third kappa shape index (κ3) is 6.05. The highest BCUT2D eigenvalue weighted by Crippen LogP contribution is 2.44. The fourth-order valence-corrected chi connectivity index (χ4v) is 4.82. The van der Waals surface area contributed by atoms with E-state index in [1.807, 2.05) is 20.8 Å². The zero-order valence-electron chi connectivity index (χ0n) is 18.6. The van der Waals surface area contributed by atoms with Crippen LogP contribution in [-0.2, 0) is 30.4 Å². The van der Waals surface area contributed by atoms with Crippen molar-refractivity contribution >= 4 is 17.7 Å². The van der Waals surface area contributed by atoms with Gasteiger partial charge in [-0.05, 0) is 53.9 Å². The number of nitrogens with zero attached hydrogens (tertiary/aromatic N) is 2. The molecule has 9 heteroatoms. The number of pyridine rings is 1. The van der Waals surface area contributed by atoms with Gasteiger partial charge in [-0.3, -0.25) is 4.79 Å². The first-order valence-corrected chi connectivity index (χ1v) is 11.6. The Hall–Kier alpha value is -2.60. The average Bonchev–Trinajstić information content (AvgIpc) is 2.74. The Morgan fingerprint density at radius 1 is 1.24 bits per heavy atom. The van der Waals surface area contributed by atoms with E-state index in [0.29, 0.717) is 17.7 Å². The number of fused-ring (bicyclic) bond motifs is 1. The molecule has 1 aliphatic rings. The first-order valence-electron chi connectivity index (χ1n) is 10.6. The number of hydrogen-bond donors (Lipinski definition) is 1. The van der Waals surface area contributed by atoms with E-state index >= 15 is 0 Å². The Morgan fingerprint density at radius 3 is 2.48 bits per heavy atom. The molecule has 0 saturated carbocycles. The van der Waals surface area contributed by atoms with Crippen molar-refractivity contribution in [2.45, 2.75) is 57.8 Å². The molecule has 0 aliphatic heterocycles. The highest BCUT2D eigenvalue weighted by Gasteiger charge is 2.42. The lowest BCUT2D eigenvalue weighted by atomic mass is 9.70. The zero-order valence-corrected chi connectivity index (χ0v) is 19.5. The minimum atomic E-state index is -4.70. The highest BCUT2D eigenvalue weighted by molar-refractivity contribution is 8.00. The molecule has 0 unspecified atom stereocenters. The van der Waals surface area contributed by atoms with E-state index in [1.54, 1.807) is 6.07 Å². The van der Waals surface area contributed by atoms with Crippen molar-refractivity contribution in [3.63, 3.8) is 0 Å². The Kier molecular flexibility index (Phi) is 7.37. The van der Waals surface area contributed by atoms with Crippen LogP contribution >= 0.6 is 11.8 Å². The number of alkyl halides is 3. The number of aryl methyl sites for hydroxylation is 1. The minimum absolute atomic E-state index is 0.0511. The third-order valence-corrected chi connectivity index (χ3v) is 6.87. The van der Waals surface area contributed by atoms with Crippen LogP contribution in [0.1, 0.15) is 55.1 Å². The Labute approximate surface area is 194 Å². The minimum Gasteiger partial charge on any atom is -0.351 e. The second-order valence-electron chi connectivity index (χ2n) is 9.20. The van der Waals surface area contributed by atoms with Crippen LogP contribution in [0.2, 0.25) is 0 Å². The Balaban J connectivity index is 1.82. The van der Waals surface area contributed by atoms with Gasteiger partial charge in [0.05, 0.1) is 16.9 Å². The van der Waals surface area contributed by atoms with Crippen molar-refractivity contribution in [1.29, 1.82) is 5.26 Å². The van der Waals surface area contributed by atoms with Crippen LogP contribution in [0.3, 0.4) is 0 Å². The summed E-state index contributed by atoms with van der Waals surface area (Å²) in [5.74, 6) is -0.953. The van der Waals surface area contributed by atoms with Gasteiger partial charge >= 0.3 is 6.18 Å². The van der Waals surface area contributed by atoms with E-state index < -0.39 is 29.0 Å². The number of nitriles is 1. The van der Waals surface area contributed by atoms with Gasteiger partial charge in [0.15, 0.2) is 0 Å². The van der Waals surface area contributed by atoms with Crippen molar-refractivity contribution in [2.24, 2.45) is 11.3 Å². The lowest BCUT2D eigenvalue weighted by molar-refractivity contribution is -0.139. The summed E-state index contributed by atoms with van der Waals surface area (Å²) in [6.45, 7) is 6.17. The lowest BCUT2D eigenvalue weighted by Gasteiger charge is -2.36. The predicted octanol–water partition coefficient (Wildman–Crippen LogP) is 5.67. The maximum absolute atomic E-state index is 14.1. The van der Waals surface area contributed by atoms with Crippen LogP contribution in [0.5, 0.6) is 0 Å². The largest absolute Gasteiger partial charge is 0.418 e. The molecule has 0 bridgehead atoms. The highest BCUT2D eigenvalue weighted by atomic mass is 32.2. The SMILES string of the molecule is CC(C)(C)[C@H]1CCc2nc(SCC(=O)NCc3ccc(F)cc3)c(C#N)c(C(F)(F)F)c2C1. The van der Waals surface area contributed by atoms with Crippen molar-refractivity contribution in [3.8, 4) is 6.07 Å². The van der Waals surface area contributed by atoms with Crippen LogP contribution in [0.4, 0.5) is 17.6 Å². The van der Waals surface area contributed by atoms with Crippen LogP contribution in [0.25, 0.3) is 0 Å². The molecule has 0 spiro atoms. The molecular formula is C24H25F4N3OS. The summed E-state index contributed by atoms with van der Waals surface area (Å²) in [6, 6.07) is 7.30. The maximum Gasteiger partial charge on any atom is 0.418 e.